The molecule has 0 fully saturated rings. The van der Waals surface area contributed by atoms with Gasteiger partial charge in [-0.2, -0.15) is 13.2 Å². The molecule has 0 radical (unpaired) electrons. The van der Waals surface area contributed by atoms with Gasteiger partial charge in [-0.05, 0) is 19.3 Å². The zero-order valence-electron chi connectivity index (χ0n) is 6.90. The molecule has 0 bridgehead atoms. The van der Waals surface area contributed by atoms with Crippen LogP contribution < -0.4 is 5.32 Å². The number of amides is 1. The number of nitrogens with one attached hydrogen (secondary N) is 1. The molecule has 0 aromatic carbocycles. The van der Waals surface area contributed by atoms with Crippen molar-refractivity contribution in [3.05, 3.63) is 12.2 Å². The van der Waals surface area contributed by atoms with Crippen molar-refractivity contribution in [1.29, 1.82) is 0 Å². The van der Waals surface area contributed by atoms with E-state index in [1.807, 2.05) is 5.32 Å². The van der Waals surface area contributed by atoms with E-state index in [-0.39, 0.29) is 0 Å². The highest BCUT2D eigenvalue weighted by molar-refractivity contribution is 5.82. The summed E-state index contributed by atoms with van der Waals surface area (Å²) in [5.74, 6) is -1.86. The Hall–Kier alpha value is -1.00. The van der Waals surface area contributed by atoms with Gasteiger partial charge in [-0.1, -0.05) is 12.2 Å². The Balaban J connectivity index is 2.44. The van der Waals surface area contributed by atoms with Crippen molar-refractivity contribution in [2.75, 3.05) is 0 Å². The molecule has 0 aliphatic heterocycles. The summed E-state index contributed by atoms with van der Waals surface area (Å²) in [6.07, 6.45) is 0.888. The second-order valence-electron chi connectivity index (χ2n) is 2.94. The first-order chi connectivity index (χ1) is 6.00. The van der Waals surface area contributed by atoms with Crippen LogP contribution in [0, 0.1) is 0 Å². The van der Waals surface area contributed by atoms with Gasteiger partial charge in [-0.3, -0.25) is 4.79 Å². The second-order valence-corrected chi connectivity index (χ2v) is 2.94. The van der Waals surface area contributed by atoms with Gasteiger partial charge >= 0.3 is 12.1 Å². The van der Waals surface area contributed by atoms with E-state index in [1.54, 1.807) is 12.2 Å². The molecule has 1 aliphatic carbocycles. The van der Waals surface area contributed by atoms with Crippen molar-refractivity contribution in [3.8, 4) is 0 Å². The number of carbonyl (C=O) groups is 1. The van der Waals surface area contributed by atoms with Crippen LogP contribution in [0.1, 0.15) is 19.3 Å². The molecule has 2 nitrogen and oxygen atoms in total. The molecule has 1 atom stereocenters. The maximum Gasteiger partial charge on any atom is 0.471 e. The van der Waals surface area contributed by atoms with Crippen LogP contribution in [-0.4, -0.2) is 18.1 Å². The van der Waals surface area contributed by atoms with Crippen LogP contribution in [0.5, 0.6) is 0 Å². The standard InChI is InChI=1S/C8H10F3NO/c9-8(10,11)7(13)12-6-4-2-1-3-5-6/h2,4,6H,1,3,5H2,(H,12,13). The second kappa shape index (κ2) is 3.81. The van der Waals surface area contributed by atoms with Crippen LogP contribution in [0.25, 0.3) is 0 Å². The summed E-state index contributed by atoms with van der Waals surface area (Å²) < 4.78 is 35.3. The molecule has 0 saturated heterocycles. The van der Waals surface area contributed by atoms with Crippen molar-refractivity contribution < 1.29 is 18.0 Å². The number of hydrogen-bond donors (Lipinski definition) is 1. The predicted octanol–water partition coefficient (Wildman–Crippen LogP) is 1.77. The van der Waals surface area contributed by atoms with Gasteiger partial charge in [0.25, 0.3) is 0 Å². The average molecular weight is 193 g/mol. The first-order valence-corrected chi connectivity index (χ1v) is 4.04. The molecule has 1 rings (SSSR count). The van der Waals surface area contributed by atoms with Gasteiger partial charge in [0.2, 0.25) is 0 Å². The Bertz CT molecular complexity index is 222. The fourth-order valence-corrected chi connectivity index (χ4v) is 1.18. The monoisotopic (exact) mass is 193 g/mol. The Kier molecular flexibility index (Phi) is 2.95. The van der Waals surface area contributed by atoms with Crippen molar-refractivity contribution in [1.82, 2.24) is 5.32 Å². The van der Waals surface area contributed by atoms with Crippen molar-refractivity contribution in [2.24, 2.45) is 0 Å². The lowest BCUT2D eigenvalue weighted by Crippen LogP contribution is -2.42. The van der Waals surface area contributed by atoms with E-state index in [1.165, 1.54) is 0 Å². The van der Waals surface area contributed by atoms with E-state index in [0.29, 0.717) is 6.42 Å². The molecule has 1 N–H and O–H groups in total. The predicted molar refractivity (Wildman–Crippen MR) is 41.0 cm³/mol. The molecular weight excluding hydrogens is 183 g/mol. The van der Waals surface area contributed by atoms with Crippen molar-refractivity contribution >= 4 is 5.91 Å². The fourth-order valence-electron chi connectivity index (χ4n) is 1.18. The average Bonchev–Trinajstić information content (AvgIpc) is 2.04. The minimum atomic E-state index is -4.77. The Labute approximate surface area is 73.8 Å². The summed E-state index contributed by atoms with van der Waals surface area (Å²) in [6, 6.07) is -0.456. The SMILES string of the molecule is O=C(NC1C=CCCC1)C(F)(F)F. The van der Waals surface area contributed by atoms with E-state index in [0.717, 1.165) is 12.8 Å². The Morgan fingerprint density at radius 1 is 1.46 bits per heavy atom. The van der Waals surface area contributed by atoms with Crippen LogP contribution in [0.15, 0.2) is 12.2 Å². The lowest BCUT2D eigenvalue weighted by Gasteiger charge is -2.18. The summed E-state index contributed by atoms with van der Waals surface area (Å²) in [4.78, 5) is 10.5. The number of halogens is 3. The summed E-state index contributed by atoms with van der Waals surface area (Å²) in [5, 5.41) is 1.91. The quantitative estimate of drug-likeness (QED) is 0.632. The van der Waals surface area contributed by atoms with E-state index in [2.05, 4.69) is 0 Å². The third-order valence-corrected chi connectivity index (χ3v) is 1.83. The van der Waals surface area contributed by atoms with Crippen molar-refractivity contribution in [3.63, 3.8) is 0 Å². The van der Waals surface area contributed by atoms with Gasteiger partial charge in [0.05, 0.1) is 0 Å². The van der Waals surface area contributed by atoms with E-state index < -0.39 is 18.1 Å². The van der Waals surface area contributed by atoms with Crippen molar-refractivity contribution in [2.45, 2.75) is 31.5 Å². The van der Waals surface area contributed by atoms with Crippen LogP contribution >= 0.6 is 0 Å². The van der Waals surface area contributed by atoms with Crippen LogP contribution in [-0.2, 0) is 4.79 Å². The molecule has 0 aromatic heterocycles. The topological polar surface area (TPSA) is 29.1 Å². The summed E-state index contributed by atoms with van der Waals surface area (Å²) >= 11 is 0. The lowest BCUT2D eigenvalue weighted by atomic mass is 10.0. The van der Waals surface area contributed by atoms with E-state index in [9.17, 15) is 18.0 Å². The van der Waals surface area contributed by atoms with Gasteiger partial charge in [-0.25, -0.2) is 0 Å². The van der Waals surface area contributed by atoms with Gasteiger partial charge in [0, 0.05) is 6.04 Å². The van der Waals surface area contributed by atoms with Gasteiger partial charge in [0.15, 0.2) is 0 Å². The molecule has 0 spiro atoms. The largest absolute Gasteiger partial charge is 0.471 e. The molecule has 0 aromatic rings. The normalized spacial score (nSPS) is 22.8. The first-order valence-electron chi connectivity index (χ1n) is 4.04. The highest BCUT2D eigenvalue weighted by Gasteiger charge is 2.39. The van der Waals surface area contributed by atoms with E-state index >= 15 is 0 Å². The van der Waals surface area contributed by atoms with Crippen LogP contribution in [0.2, 0.25) is 0 Å². The highest BCUT2D eigenvalue weighted by Crippen LogP contribution is 2.16. The smallest absolute Gasteiger partial charge is 0.342 e. The molecular formula is C8H10F3NO. The summed E-state index contributed by atoms with van der Waals surface area (Å²) in [6.45, 7) is 0. The van der Waals surface area contributed by atoms with Crippen LogP contribution in [0.4, 0.5) is 13.2 Å². The van der Waals surface area contributed by atoms with Gasteiger partial charge in [-0.15, -0.1) is 0 Å². The minimum Gasteiger partial charge on any atom is -0.342 e. The maximum atomic E-state index is 11.8. The Morgan fingerprint density at radius 2 is 2.15 bits per heavy atom. The molecule has 5 heteroatoms. The molecule has 0 saturated carbocycles. The molecule has 1 unspecified atom stereocenters. The number of hydrogen-bond acceptors (Lipinski definition) is 1. The number of allylic oxidation sites excluding steroid dienone is 1. The van der Waals surface area contributed by atoms with Crippen LogP contribution in [0.3, 0.4) is 0 Å². The lowest BCUT2D eigenvalue weighted by molar-refractivity contribution is -0.174. The molecule has 1 amide bonds. The summed E-state index contributed by atoms with van der Waals surface area (Å²) in [5.41, 5.74) is 0. The van der Waals surface area contributed by atoms with E-state index in [4.69, 9.17) is 0 Å². The maximum absolute atomic E-state index is 11.8. The van der Waals surface area contributed by atoms with Gasteiger partial charge < -0.3 is 5.32 Å². The number of carbonyl (C=O) groups excluding carboxylic acids is 1. The van der Waals surface area contributed by atoms with Gasteiger partial charge in [0.1, 0.15) is 0 Å². The third kappa shape index (κ3) is 3.08. The third-order valence-electron chi connectivity index (χ3n) is 1.83. The Morgan fingerprint density at radius 3 is 2.62 bits per heavy atom. The zero-order valence-corrected chi connectivity index (χ0v) is 6.90. The number of rotatable bonds is 1. The number of alkyl halides is 3. The minimum absolute atomic E-state index is 0.456. The zero-order chi connectivity index (χ0) is 9.90. The highest BCUT2D eigenvalue weighted by atomic mass is 19.4. The molecule has 13 heavy (non-hydrogen) atoms. The summed E-state index contributed by atoms with van der Waals surface area (Å²) in [7, 11) is 0. The first kappa shape index (κ1) is 10.1. The molecule has 0 heterocycles. The fraction of sp³-hybridized carbons (Fsp3) is 0.625. The molecule has 1 aliphatic rings. The molecule has 74 valence electrons.